The van der Waals surface area contributed by atoms with Gasteiger partial charge in [-0.15, -0.1) is 0 Å². The smallest absolute Gasteiger partial charge is 0.410 e. The average molecular weight is 542 g/mol. The molecule has 2 fully saturated rings. The molecule has 2 heterocycles. The summed E-state index contributed by atoms with van der Waals surface area (Å²) in [6.07, 6.45) is 4.47. The molecular weight excluding hydrogens is 498 g/mol. The van der Waals surface area contributed by atoms with Gasteiger partial charge in [-0.05, 0) is 77.1 Å². The van der Waals surface area contributed by atoms with Crippen molar-refractivity contribution in [2.75, 3.05) is 20.1 Å². The highest BCUT2D eigenvalue weighted by molar-refractivity contribution is 7.89. The second-order valence-corrected chi connectivity index (χ2v) is 14.2. The van der Waals surface area contributed by atoms with Crippen molar-refractivity contribution in [2.24, 2.45) is 0 Å². The third kappa shape index (κ3) is 6.58. The lowest BCUT2D eigenvalue weighted by Gasteiger charge is -2.40. The van der Waals surface area contributed by atoms with Crippen LogP contribution >= 0.6 is 0 Å². The molecule has 38 heavy (non-hydrogen) atoms. The summed E-state index contributed by atoms with van der Waals surface area (Å²) in [4.78, 5) is 15.1. The van der Waals surface area contributed by atoms with E-state index in [1.165, 1.54) is 4.31 Å². The van der Waals surface area contributed by atoms with Crippen LogP contribution < -0.4 is 5.32 Å². The number of benzene rings is 2. The van der Waals surface area contributed by atoms with Gasteiger partial charge in [0.2, 0.25) is 10.0 Å². The minimum atomic E-state index is -3.60. The fourth-order valence-electron chi connectivity index (χ4n) is 6.01. The molecule has 0 aromatic heterocycles. The Bertz CT molecular complexity index is 1170. The molecule has 7 nitrogen and oxygen atoms in total. The minimum Gasteiger partial charge on any atom is -0.444 e. The molecule has 0 aliphatic carbocycles. The molecular formula is C30H43N3O4S. The van der Waals surface area contributed by atoms with Gasteiger partial charge in [-0.25, -0.2) is 17.5 Å². The first kappa shape index (κ1) is 28.6. The molecule has 2 aliphatic heterocycles. The Morgan fingerprint density at radius 1 is 0.974 bits per heavy atom. The van der Waals surface area contributed by atoms with Gasteiger partial charge in [-0.1, -0.05) is 55.5 Å². The zero-order chi connectivity index (χ0) is 27.6. The van der Waals surface area contributed by atoms with Crippen molar-refractivity contribution >= 4 is 16.1 Å². The van der Waals surface area contributed by atoms with Crippen LogP contribution in [0.15, 0.2) is 65.6 Å². The molecule has 8 heteroatoms. The number of rotatable bonds is 9. The summed E-state index contributed by atoms with van der Waals surface area (Å²) in [5.41, 5.74) is 0.257. The number of nitrogens with zero attached hydrogens (tertiary/aromatic N) is 2. The van der Waals surface area contributed by atoms with Gasteiger partial charge in [-0.3, -0.25) is 0 Å². The first-order valence-corrected chi connectivity index (χ1v) is 15.1. The molecule has 2 aromatic carbocycles. The number of piperidine rings is 1. The molecule has 0 spiro atoms. The van der Waals surface area contributed by atoms with Gasteiger partial charge < -0.3 is 15.0 Å². The van der Waals surface area contributed by atoms with Crippen molar-refractivity contribution in [3.8, 4) is 0 Å². The summed E-state index contributed by atoms with van der Waals surface area (Å²) in [5.74, 6) is 0. The molecule has 2 aliphatic rings. The number of fused-ring (bicyclic) bond motifs is 2. The largest absolute Gasteiger partial charge is 0.444 e. The van der Waals surface area contributed by atoms with E-state index in [1.54, 1.807) is 31.3 Å². The summed E-state index contributed by atoms with van der Waals surface area (Å²) in [7, 11) is -1.93. The van der Waals surface area contributed by atoms with Crippen LogP contribution in [-0.4, -0.2) is 67.6 Å². The Balaban J connectivity index is 1.40. The predicted octanol–water partition coefficient (Wildman–Crippen LogP) is 5.18. The summed E-state index contributed by atoms with van der Waals surface area (Å²) in [5, 5.41) is 3.75. The van der Waals surface area contributed by atoms with Crippen LogP contribution in [-0.2, 0) is 20.2 Å². The maximum Gasteiger partial charge on any atom is 0.410 e. The predicted molar refractivity (Wildman–Crippen MR) is 151 cm³/mol. The van der Waals surface area contributed by atoms with Crippen molar-refractivity contribution < 1.29 is 17.9 Å². The Kier molecular flexibility index (Phi) is 8.55. The number of hydrogen-bond donors (Lipinski definition) is 1. The number of sulfonamides is 1. The molecule has 2 bridgehead atoms. The maximum atomic E-state index is 13.3. The standard InChI is InChI=1S/C30H43N3O4S/c1-29(2,3)37-28(34)33-25-16-17-26(33)21-24(20-25)31-19-18-30(4,23-12-8-6-9-13-23)22-32(5)38(35,36)27-14-10-7-11-15-27/h6-15,24-26,31H,16-22H2,1-5H3/t24?,25?,26?,30-/m1/s1. The van der Waals surface area contributed by atoms with Crippen molar-refractivity contribution in [3.63, 3.8) is 0 Å². The lowest BCUT2D eigenvalue weighted by Crippen LogP contribution is -2.53. The first-order chi connectivity index (χ1) is 17.9. The number of carbonyl (C=O) groups excluding carboxylic acids is 1. The number of hydrogen-bond acceptors (Lipinski definition) is 5. The van der Waals surface area contributed by atoms with E-state index in [-0.39, 0.29) is 23.6 Å². The van der Waals surface area contributed by atoms with Gasteiger partial charge in [-0.2, -0.15) is 0 Å². The number of likely N-dealkylation sites (N-methyl/N-ethyl adjacent to an activating group) is 1. The van der Waals surface area contributed by atoms with Crippen LogP contribution in [0.25, 0.3) is 0 Å². The molecule has 208 valence electrons. The first-order valence-electron chi connectivity index (χ1n) is 13.7. The number of ether oxygens (including phenoxy) is 1. The molecule has 2 saturated heterocycles. The number of amides is 1. The fourth-order valence-corrected chi connectivity index (χ4v) is 7.33. The van der Waals surface area contributed by atoms with Crippen molar-refractivity contribution in [2.45, 2.75) is 93.8 Å². The van der Waals surface area contributed by atoms with Crippen LogP contribution in [0.5, 0.6) is 0 Å². The van der Waals surface area contributed by atoms with Gasteiger partial charge in [0, 0.05) is 37.1 Å². The molecule has 3 atom stereocenters. The molecule has 2 unspecified atom stereocenters. The van der Waals surface area contributed by atoms with Crippen LogP contribution in [0.1, 0.15) is 65.4 Å². The van der Waals surface area contributed by atoms with Gasteiger partial charge in [0.15, 0.2) is 0 Å². The Hall–Kier alpha value is -2.42. The topological polar surface area (TPSA) is 79.0 Å². The van der Waals surface area contributed by atoms with E-state index in [2.05, 4.69) is 24.4 Å². The summed E-state index contributed by atoms with van der Waals surface area (Å²) in [6.45, 7) is 9.02. The van der Waals surface area contributed by atoms with Crippen LogP contribution in [0.4, 0.5) is 4.79 Å². The lowest BCUT2D eigenvalue weighted by molar-refractivity contribution is 0.00469. The zero-order valence-electron chi connectivity index (χ0n) is 23.4. The van der Waals surface area contributed by atoms with E-state index < -0.39 is 15.6 Å². The monoisotopic (exact) mass is 541 g/mol. The van der Waals surface area contributed by atoms with Crippen molar-refractivity contribution in [1.82, 2.24) is 14.5 Å². The normalized spacial score (nSPS) is 23.3. The van der Waals surface area contributed by atoms with E-state index >= 15 is 0 Å². The summed E-state index contributed by atoms with van der Waals surface area (Å²) < 4.78 is 33.7. The van der Waals surface area contributed by atoms with E-state index in [1.807, 2.05) is 49.9 Å². The molecule has 0 radical (unpaired) electrons. The molecule has 2 aromatic rings. The van der Waals surface area contributed by atoms with Gasteiger partial charge in [0.1, 0.15) is 5.60 Å². The van der Waals surface area contributed by atoms with Gasteiger partial charge >= 0.3 is 6.09 Å². The van der Waals surface area contributed by atoms with Gasteiger partial charge in [0.05, 0.1) is 4.90 Å². The van der Waals surface area contributed by atoms with Crippen LogP contribution in [0.3, 0.4) is 0 Å². The quantitative estimate of drug-likeness (QED) is 0.474. The average Bonchev–Trinajstić information content (AvgIpc) is 3.14. The SMILES string of the molecule is CN(C[C@@](C)(CCNC1CC2CCC(C1)N2C(=O)OC(C)(C)C)c1ccccc1)S(=O)(=O)c1ccccc1. The highest BCUT2D eigenvalue weighted by Crippen LogP contribution is 2.37. The second-order valence-electron chi connectivity index (χ2n) is 12.1. The highest BCUT2D eigenvalue weighted by Gasteiger charge is 2.45. The highest BCUT2D eigenvalue weighted by atomic mass is 32.2. The summed E-state index contributed by atoms with van der Waals surface area (Å²) >= 11 is 0. The van der Waals surface area contributed by atoms with E-state index in [0.29, 0.717) is 17.5 Å². The van der Waals surface area contributed by atoms with Crippen molar-refractivity contribution in [1.29, 1.82) is 0 Å². The van der Waals surface area contributed by atoms with Crippen LogP contribution in [0.2, 0.25) is 0 Å². The third-order valence-corrected chi connectivity index (χ3v) is 9.76. The lowest BCUT2D eigenvalue weighted by atomic mass is 9.79. The Morgan fingerprint density at radius 3 is 2.08 bits per heavy atom. The third-order valence-electron chi connectivity index (χ3n) is 7.94. The van der Waals surface area contributed by atoms with E-state index in [4.69, 9.17) is 4.74 Å². The second kappa shape index (κ2) is 11.4. The van der Waals surface area contributed by atoms with Gasteiger partial charge in [0.25, 0.3) is 0 Å². The number of nitrogens with one attached hydrogen (secondary N) is 1. The summed E-state index contributed by atoms with van der Waals surface area (Å²) in [6, 6.07) is 19.5. The Labute approximate surface area is 228 Å². The van der Waals surface area contributed by atoms with E-state index in [0.717, 1.165) is 44.2 Å². The zero-order valence-corrected chi connectivity index (χ0v) is 24.2. The molecule has 0 saturated carbocycles. The molecule has 1 N–H and O–H groups in total. The minimum absolute atomic E-state index is 0.192. The fraction of sp³-hybridized carbons (Fsp3) is 0.567. The van der Waals surface area contributed by atoms with E-state index in [9.17, 15) is 13.2 Å². The number of carbonyl (C=O) groups is 1. The maximum absolute atomic E-state index is 13.3. The molecule has 1 amide bonds. The van der Waals surface area contributed by atoms with Crippen molar-refractivity contribution in [3.05, 3.63) is 66.2 Å². The Morgan fingerprint density at radius 2 is 1.53 bits per heavy atom. The van der Waals surface area contributed by atoms with Crippen LogP contribution in [0, 0.1) is 0 Å². The molecule has 4 rings (SSSR count).